The lowest BCUT2D eigenvalue weighted by Crippen LogP contribution is -2.52. The van der Waals surface area contributed by atoms with Crippen molar-refractivity contribution in [2.75, 3.05) is 26.7 Å². The van der Waals surface area contributed by atoms with Gasteiger partial charge in [0.15, 0.2) is 0 Å². The van der Waals surface area contributed by atoms with E-state index in [4.69, 9.17) is 5.11 Å². The SMILES string of the molecule is CN1CC(F)C(OCC(=O)O)C(F)C1. The maximum atomic E-state index is 13.2. The van der Waals surface area contributed by atoms with Crippen molar-refractivity contribution < 1.29 is 23.4 Å². The van der Waals surface area contributed by atoms with Crippen LogP contribution in [0.15, 0.2) is 0 Å². The highest BCUT2D eigenvalue weighted by molar-refractivity contribution is 5.68. The van der Waals surface area contributed by atoms with E-state index in [9.17, 15) is 13.6 Å². The molecule has 1 heterocycles. The van der Waals surface area contributed by atoms with Gasteiger partial charge in [-0.25, -0.2) is 13.6 Å². The Morgan fingerprint density at radius 3 is 2.43 bits per heavy atom. The summed E-state index contributed by atoms with van der Waals surface area (Å²) in [4.78, 5) is 11.6. The summed E-state index contributed by atoms with van der Waals surface area (Å²) in [5, 5.41) is 8.29. The molecule has 0 aromatic heterocycles. The van der Waals surface area contributed by atoms with Gasteiger partial charge in [0.1, 0.15) is 25.1 Å². The monoisotopic (exact) mass is 209 g/mol. The number of carboxylic acid groups (broad SMARTS) is 1. The molecule has 1 aliphatic heterocycles. The molecule has 1 N–H and O–H groups in total. The van der Waals surface area contributed by atoms with Crippen LogP contribution in [0.2, 0.25) is 0 Å². The Balaban J connectivity index is 2.45. The quantitative estimate of drug-likeness (QED) is 0.715. The zero-order valence-corrected chi connectivity index (χ0v) is 7.82. The van der Waals surface area contributed by atoms with Crippen LogP contribution in [0, 0.1) is 0 Å². The second kappa shape index (κ2) is 4.65. The first-order valence-corrected chi connectivity index (χ1v) is 4.30. The Morgan fingerprint density at radius 2 is 2.00 bits per heavy atom. The molecule has 0 radical (unpaired) electrons. The van der Waals surface area contributed by atoms with E-state index in [0.717, 1.165) is 0 Å². The molecule has 0 aliphatic carbocycles. The molecule has 82 valence electrons. The molecule has 0 bridgehead atoms. The third-order valence-electron chi connectivity index (χ3n) is 2.08. The molecule has 2 unspecified atom stereocenters. The maximum absolute atomic E-state index is 13.2. The Kier molecular flexibility index (Phi) is 3.77. The van der Waals surface area contributed by atoms with Crippen molar-refractivity contribution in [2.45, 2.75) is 18.4 Å². The predicted octanol–water partition coefficient (Wildman–Crippen LogP) is 0.0778. The number of aliphatic carboxylic acids is 1. The zero-order valence-electron chi connectivity index (χ0n) is 7.82. The number of piperidine rings is 1. The number of halogens is 2. The van der Waals surface area contributed by atoms with Gasteiger partial charge >= 0.3 is 5.97 Å². The normalized spacial score (nSPS) is 34.4. The van der Waals surface area contributed by atoms with Crippen LogP contribution in [0.4, 0.5) is 8.78 Å². The molecule has 0 spiro atoms. The summed E-state index contributed by atoms with van der Waals surface area (Å²) in [7, 11) is 1.60. The van der Waals surface area contributed by atoms with E-state index in [-0.39, 0.29) is 13.1 Å². The summed E-state index contributed by atoms with van der Waals surface area (Å²) in [5.41, 5.74) is 0. The summed E-state index contributed by atoms with van der Waals surface area (Å²) >= 11 is 0. The van der Waals surface area contributed by atoms with Gasteiger partial charge in [0.2, 0.25) is 0 Å². The fraction of sp³-hybridized carbons (Fsp3) is 0.875. The first kappa shape index (κ1) is 11.3. The van der Waals surface area contributed by atoms with Gasteiger partial charge in [-0.15, -0.1) is 0 Å². The van der Waals surface area contributed by atoms with Gasteiger partial charge in [-0.1, -0.05) is 0 Å². The van der Waals surface area contributed by atoms with Crippen molar-refractivity contribution >= 4 is 5.97 Å². The smallest absolute Gasteiger partial charge is 0.329 e. The maximum Gasteiger partial charge on any atom is 0.329 e. The van der Waals surface area contributed by atoms with Crippen LogP contribution in [0.3, 0.4) is 0 Å². The van der Waals surface area contributed by atoms with E-state index in [1.807, 2.05) is 0 Å². The first-order valence-electron chi connectivity index (χ1n) is 4.30. The fourth-order valence-corrected chi connectivity index (χ4v) is 1.48. The Labute approximate surface area is 80.4 Å². The fourth-order valence-electron chi connectivity index (χ4n) is 1.48. The molecule has 0 saturated carbocycles. The molecule has 1 saturated heterocycles. The molecule has 0 aromatic carbocycles. The summed E-state index contributed by atoms with van der Waals surface area (Å²) in [5.74, 6) is -1.22. The number of nitrogens with zero attached hydrogens (tertiary/aromatic N) is 1. The molecule has 1 fully saturated rings. The zero-order chi connectivity index (χ0) is 10.7. The number of likely N-dealkylation sites (tertiary alicyclic amines) is 1. The molecule has 4 nitrogen and oxygen atoms in total. The minimum absolute atomic E-state index is 0.0741. The molecule has 14 heavy (non-hydrogen) atoms. The number of hydrogen-bond donors (Lipinski definition) is 1. The van der Waals surface area contributed by atoms with Crippen LogP contribution < -0.4 is 0 Å². The van der Waals surface area contributed by atoms with Crippen LogP contribution in [-0.4, -0.2) is 61.2 Å². The van der Waals surface area contributed by atoms with Crippen molar-refractivity contribution in [1.29, 1.82) is 0 Å². The second-order valence-electron chi connectivity index (χ2n) is 3.42. The van der Waals surface area contributed by atoms with E-state index in [0.29, 0.717) is 0 Å². The van der Waals surface area contributed by atoms with Gasteiger partial charge < -0.3 is 14.7 Å². The van der Waals surface area contributed by atoms with Crippen LogP contribution in [0.25, 0.3) is 0 Å². The van der Waals surface area contributed by atoms with Crippen LogP contribution in [-0.2, 0) is 9.53 Å². The average molecular weight is 209 g/mol. The average Bonchev–Trinajstić information content (AvgIpc) is 2.01. The van der Waals surface area contributed by atoms with Crippen molar-refractivity contribution in [1.82, 2.24) is 4.90 Å². The highest BCUT2D eigenvalue weighted by atomic mass is 19.1. The molecular formula is C8H13F2NO3. The lowest BCUT2D eigenvalue weighted by molar-refractivity contribution is -0.151. The molecule has 0 amide bonds. The molecule has 0 aromatic rings. The Morgan fingerprint density at radius 1 is 1.50 bits per heavy atom. The number of ether oxygens (including phenoxy) is 1. The van der Waals surface area contributed by atoms with Crippen LogP contribution >= 0.6 is 0 Å². The second-order valence-corrected chi connectivity index (χ2v) is 3.42. The number of rotatable bonds is 3. The van der Waals surface area contributed by atoms with Gasteiger partial charge in [-0.2, -0.15) is 0 Å². The van der Waals surface area contributed by atoms with Gasteiger partial charge in [0, 0.05) is 13.1 Å². The molecule has 6 heteroatoms. The van der Waals surface area contributed by atoms with Crippen molar-refractivity contribution in [3.63, 3.8) is 0 Å². The van der Waals surface area contributed by atoms with Crippen molar-refractivity contribution in [3.8, 4) is 0 Å². The lowest BCUT2D eigenvalue weighted by Gasteiger charge is -2.34. The Bertz CT molecular complexity index is 203. The third-order valence-corrected chi connectivity index (χ3v) is 2.08. The number of carbonyl (C=O) groups is 1. The summed E-state index contributed by atoms with van der Waals surface area (Å²) in [6.07, 6.45) is -4.19. The topological polar surface area (TPSA) is 49.8 Å². The van der Waals surface area contributed by atoms with Gasteiger partial charge in [-0.3, -0.25) is 0 Å². The molecule has 1 rings (SSSR count). The number of hydrogen-bond acceptors (Lipinski definition) is 3. The van der Waals surface area contributed by atoms with Crippen molar-refractivity contribution in [2.24, 2.45) is 0 Å². The van der Waals surface area contributed by atoms with Crippen LogP contribution in [0.5, 0.6) is 0 Å². The Hall–Kier alpha value is -0.750. The lowest BCUT2D eigenvalue weighted by atomic mass is 10.0. The molecular weight excluding hydrogens is 196 g/mol. The highest BCUT2D eigenvalue weighted by Crippen LogP contribution is 2.19. The minimum Gasteiger partial charge on any atom is -0.480 e. The number of carboxylic acids is 1. The highest BCUT2D eigenvalue weighted by Gasteiger charge is 2.37. The predicted molar refractivity (Wildman–Crippen MR) is 44.7 cm³/mol. The minimum atomic E-state index is -1.47. The molecule has 1 aliphatic rings. The first-order chi connectivity index (χ1) is 6.50. The van der Waals surface area contributed by atoms with E-state index < -0.39 is 31.0 Å². The van der Waals surface area contributed by atoms with Gasteiger partial charge in [0.25, 0.3) is 0 Å². The van der Waals surface area contributed by atoms with E-state index in [1.54, 1.807) is 7.05 Å². The largest absolute Gasteiger partial charge is 0.480 e. The van der Waals surface area contributed by atoms with E-state index in [2.05, 4.69) is 4.74 Å². The van der Waals surface area contributed by atoms with Crippen LogP contribution in [0.1, 0.15) is 0 Å². The van der Waals surface area contributed by atoms with Gasteiger partial charge in [0.05, 0.1) is 0 Å². The summed E-state index contributed by atoms with van der Waals surface area (Å²) in [6, 6.07) is 0. The van der Waals surface area contributed by atoms with Gasteiger partial charge in [-0.05, 0) is 7.05 Å². The standard InChI is InChI=1S/C8H13F2NO3/c1-11-2-5(9)8(6(10)3-11)14-4-7(12)13/h5-6,8H,2-4H2,1H3,(H,12,13). The van der Waals surface area contributed by atoms with E-state index >= 15 is 0 Å². The summed E-state index contributed by atoms with van der Waals surface area (Å²) in [6.45, 7) is -0.509. The molecule has 2 atom stereocenters. The van der Waals surface area contributed by atoms with Crippen molar-refractivity contribution in [3.05, 3.63) is 0 Å². The number of alkyl halides is 2. The van der Waals surface area contributed by atoms with E-state index in [1.165, 1.54) is 4.90 Å². The summed E-state index contributed by atoms with van der Waals surface area (Å²) < 4.78 is 31.0. The third kappa shape index (κ3) is 2.88.